The Bertz CT molecular complexity index is 311. The molecule has 18 heavy (non-hydrogen) atoms. The Morgan fingerprint density at radius 1 is 1.39 bits per heavy atom. The van der Waals surface area contributed by atoms with Crippen molar-refractivity contribution in [2.45, 2.75) is 32.6 Å². The van der Waals surface area contributed by atoms with Crippen LogP contribution < -0.4 is 11.1 Å². The third-order valence-corrected chi connectivity index (χ3v) is 3.99. The van der Waals surface area contributed by atoms with Crippen LogP contribution >= 0.6 is 0 Å². The number of nitrogens with one attached hydrogen (secondary N) is 1. The highest BCUT2D eigenvalue weighted by Gasteiger charge is 2.41. The third-order valence-electron chi connectivity index (χ3n) is 3.99. The van der Waals surface area contributed by atoms with E-state index in [0.29, 0.717) is 13.1 Å². The molecule has 1 saturated carbocycles. The van der Waals surface area contributed by atoms with Gasteiger partial charge in [0.2, 0.25) is 11.8 Å². The highest BCUT2D eigenvalue weighted by molar-refractivity contribution is 5.84. The van der Waals surface area contributed by atoms with Crippen molar-refractivity contribution < 1.29 is 9.59 Å². The van der Waals surface area contributed by atoms with Gasteiger partial charge in [-0.05, 0) is 12.8 Å². The third kappa shape index (κ3) is 3.02. The first-order chi connectivity index (χ1) is 8.46. The van der Waals surface area contributed by atoms with E-state index in [0.717, 1.165) is 25.7 Å². The molecule has 0 heterocycles. The van der Waals surface area contributed by atoms with Crippen LogP contribution in [0.15, 0.2) is 0 Å². The molecule has 0 bridgehead atoms. The van der Waals surface area contributed by atoms with Crippen LogP contribution in [-0.4, -0.2) is 43.9 Å². The highest BCUT2D eigenvalue weighted by atomic mass is 16.2. The molecule has 104 valence electrons. The van der Waals surface area contributed by atoms with Gasteiger partial charge in [-0.25, -0.2) is 0 Å². The van der Waals surface area contributed by atoms with Crippen molar-refractivity contribution in [3.05, 3.63) is 0 Å². The van der Waals surface area contributed by atoms with Crippen LogP contribution in [0.3, 0.4) is 0 Å². The smallest absolute Gasteiger partial charge is 0.229 e. The highest BCUT2D eigenvalue weighted by Crippen LogP contribution is 2.38. The summed E-state index contributed by atoms with van der Waals surface area (Å²) in [7, 11) is 3.37. The zero-order chi connectivity index (χ0) is 13.8. The average molecular weight is 255 g/mol. The standard InChI is InChI=1S/C13H25N3O2/c1-10(11(17)15-2)8-16(3)12(18)13(9-14)6-4-5-7-13/h10H,4-9,14H2,1-3H3,(H,15,17). The van der Waals surface area contributed by atoms with Crippen LogP contribution in [0.25, 0.3) is 0 Å². The molecule has 0 saturated heterocycles. The summed E-state index contributed by atoms with van der Waals surface area (Å²) in [6.45, 7) is 2.68. The second-order valence-corrected chi connectivity index (χ2v) is 5.39. The lowest BCUT2D eigenvalue weighted by molar-refractivity contribution is -0.141. The minimum absolute atomic E-state index is 0.0390. The Morgan fingerprint density at radius 3 is 2.39 bits per heavy atom. The Labute approximate surface area is 109 Å². The summed E-state index contributed by atoms with van der Waals surface area (Å²) in [4.78, 5) is 25.6. The Kier molecular flexibility index (Phi) is 5.14. The summed E-state index contributed by atoms with van der Waals surface area (Å²) in [5.41, 5.74) is 5.42. The van der Waals surface area contributed by atoms with Gasteiger partial charge in [0, 0.05) is 27.2 Å². The summed E-state index contributed by atoms with van der Waals surface area (Å²) in [5, 5.41) is 2.60. The van der Waals surface area contributed by atoms with E-state index in [1.807, 2.05) is 6.92 Å². The van der Waals surface area contributed by atoms with Gasteiger partial charge in [-0.1, -0.05) is 19.8 Å². The van der Waals surface area contributed by atoms with Crippen molar-refractivity contribution in [3.8, 4) is 0 Å². The number of carbonyl (C=O) groups excluding carboxylic acids is 2. The molecule has 0 aliphatic heterocycles. The van der Waals surface area contributed by atoms with Crippen LogP contribution in [0.5, 0.6) is 0 Å². The summed E-state index contributed by atoms with van der Waals surface area (Å²) >= 11 is 0. The maximum absolute atomic E-state index is 12.5. The van der Waals surface area contributed by atoms with Gasteiger partial charge in [0.05, 0.1) is 11.3 Å². The lowest BCUT2D eigenvalue weighted by atomic mass is 9.84. The number of hydrogen-bond donors (Lipinski definition) is 2. The Morgan fingerprint density at radius 2 is 1.94 bits per heavy atom. The Balaban J connectivity index is 2.63. The van der Waals surface area contributed by atoms with E-state index >= 15 is 0 Å². The largest absolute Gasteiger partial charge is 0.359 e. The van der Waals surface area contributed by atoms with Gasteiger partial charge < -0.3 is 16.0 Å². The van der Waals surface area contributed by atoms with E-state index < -0.39 is 0 Å². The van der Waals surface area contributed by atoms with Crippen LogP contribution in [0.2, 0.25) is 0 Å². The molecule has 3 N–H and O–H groups in total. The van der Waals surface area contributed by atoms with Crippen molar-refractivity contribution in [2.24, 2.45) is 17.1 Å². The molecule has 0 aromatic rings. The first-order valence-corrected chi connectivity index (χ1v) is 6.64. The SMILES string of the molecule is CNC(=O)C(C)CN(C)C(=O)C1(CN)CCCC1. The first kappa shape index (κ1) is 15.0. The lowest BCUT2D eigenvalue weighted by Crippen LogP contribution is -2.47. The molecule has 5 heteroatoms. The van der Waals surface area contributed by atoms with Crippen molar-refractivity contribution in [3.63, 3.8) is 0 Å². The van der Waals surface area contributed by atoms with E-state index in [4.69, 9.17) is 5.73 Å². The molecule has 0 radical (unpaired) electrons. The van der Waals surface area contributed by atoms with Crippen LogP contribution in [0.4, 0.5) is 0 Å². The van der Waals surface area contributed by atoms with Crippen LogP contribution in [0, 0.1) is 11.3 Å². The van der Waals surface area contributed by atoms with Crippen molar-refractivity contribution in [2.75, 3.05) is 27.2 Å². The minimum Gasteiger partial charge on any atom is -0.359 e. The van der Waals surface area contributed by atoms with Gasteiger partial charge in [-0.15, -0.1) is 0 Å². The number of nitrogens with two attached hydrogens (primary N) is 1. The van der Waals surface area contributed by atoms with Gasteiger partial charge in [0.25, 0.3) is 0 Å². The topological polar surface area (TPSA) is 75.4 Å². The van der Waals surface area contributed by atoms with Gasteiger partial charge in [0.15, 0.2) is 0 Å². The molecule has 1 fully saturated rings. The monoisotopic (exact) mass is 255 g/mol. The van der Waals surface area contributed by atoms with Crippen molar-refractivity contribution in [1.29, 1.82) is 0 Å². The fourth-order valence-electron chi connectivity index (χ4n) is 2.78. The predicted octanol–water partition coefficient (Wildman–Crippen LogP) is 0.346. The van der Waals surface area contributed by atoms with Gasteiger partial charge in [-0.3, -0.25) is 9.59 Å². The number of hydrogen-bond acceptors (Lipinski definition) is 3. The van der Waals surface area contributed by atoms with Crippen molar-refractivity contribution >= 4 is 11.8 Å². The fraction of sp³-hybridized carbons (Fsp3) is 0.846. The number of amides is 2. The Hall–Kier alpha value is -1.10. The second kappa shape index (κ2) is 6.18. The van der Waals surface area contributed by atoms with Gasteiger partial charge >= 0.3 is 0 Å². The van der Waals surface area contributed by atoms with Crippen LogP contribution in [0.1, 0.15) is 32.6 Å². The molecule has 1 rings (SSSR count). The average Bonchev–Trinajstić information content (AvgIpc) is 2.86. The second-order valence-electron chi connectivity index (χ2n) is 5.39. The fourth-order valence-corrected chi connectivity index (χ4v) is 2.78. The van der Waals surface area contributed by atoms with Gasteiger partial charge in [-0.2, -0.15) is 0 Å². The quantitative estimate of drug-likeness (QED) is 0.744. The summed E-state index contributed by atoms with van der Waals surface area (Å²) < 4.78 is 0. The van der Waals surface area contributed by atoms with E-state index in [9.17, 15) is 9.59 Å². The molecule has 0 aromatic heterocycles. The molecule has 1 aliphatic carbocycles. The summed E-state index contributed by atoms with van der Waals surface area (Å²) in [6, 6.07) is 0. The molecular formula is C13H25N3O2. The predicted molar refractivity (Wildman–Crippen MR) is 70.8 cm³/mol. The first-order valence-electron chi connectivity index (χ1n) is 6.64. The summed E-state index contributed by atoms with van der Waals surface area (Å²) in [5.74, 6) is -0.138. The van der Waals surface area contributed by atoms with E-state index in [2.05, 4.69) is 5.32 Å². The molecule has 1 aliphatic rings. The molecule has 2 amide bonds. The molecule has 1 unspecified atom stereocenters. The van der Waals surface area contributed by atoms with E-state index in [1.54, 1.807) is 19.0 Å². The minimum atomic E-state index is -0.378. The molecule has 0 aromatic carbocycles. The number of nitrogens with zero attached hydrogens (tertiary/aromatic N) is 1. The normalized spacial score (nSPS) is 19.3. The lowest BCUT2D eigenvalue weighted by Gasteiger charge is -2.32. The molecule has 0 spiro atoms. The number of rotatable bonds is 5. The zero-order valence-corrected chi connectivity index (χ0v) is 11.7. The molecular weight excluding hydrogens is 230 g/mol. The van der Waals surface area contributed by atoms with E-state index in [1.165, 1.54) is 0 Å². The van der Waals surface area contributed by atoms with Crippen LogP contribution in [-0.2, 0) is 9.59 Å². The van der Waals surface area contributed by atoms with E-state index in [-0.39, 0.29) is 23.1 Å². The number of carbonyl (C=O) groups is 2. The molecule has 1 atom stereocenters. The maximum atomic E-state index is 12.5. The maximum Gasteiger partial charge on any atom is 0.229 e. The zero-order valence-electron chi connectivity index (χ0n) is 11.7. The van der Waals surface area contributed by atoms with Gasteiger partial charge in [0.1, 0.15) is 0 Å². The molecule has 5 nitrogen and oxygen atoms in total. The summed E-state index contributed by atoms with van der Waals surface area (Å²) in [6.07, 6.45) is 3.89. The van der Waals surface area contributed by atoms with Crippen molar-refractivity contribution in [1.82, 2.24) is 10.2 Å².